The van der Waals surface area contributed by atoms with Crippen LogP contribution in [0.15, 0.2) is 65.6 Å². The molecule has 150 valence electrons. The van der Waals surface area contributed by atoms with Gasteiger partial charge in [0.15, 0.2) is 0 Å². The molecule has 5 heteroatoms. The van der Waals surface area contributed by atoms with Gasteiger partial charge in [0, 0.05) is 29.7 Å². The minimum Gasteiger partial charge on any atom is -0.352 e. The first-order valence-electron chi connectivity index (χ1n) is 9.79. The molecule has 0 spiro atoms. The minimum absolute atomic E-state index is 0.0192. The zero-order valence-corrected chi connectivity index (χ0v) is 17.7. The van der Waals surface area contributed by atoms with Crippen LogP contribution in [0.4, 0.5) is 0 Å². The summed E-state index contributed by atoms with van der Waals surface area (Å²) < 4.78 is 0. The van der Waals surface area contributed by atoms with Crippen LogP contribution in [0, 0.1) is 0 Å². The van der Waals surface area contributed by atoms with Gasteiger partial charge in [-0.25, -0.2) is 0 Å². The van der Waals surface area contributed by atoms with Gasteiger partial charge in [-0.2, -0.15) is 0 Å². The molecular weight excluding hydrogens is 368 g/mol. The van der Waals surface area contributed by atoms with Gasteiger partial charge < -0.3 is 10.2 Å². The second-order valence-electron chi connectivity index (χ2n) is 7.07. The minimum atomic E-state index is -0.486. The highest BCUT2D eigenvalue weighted by Crippen LogP contribution is 2.19. The number of rotatable bonds is 10. The average molecular weight is 399 g/mol. The lowest BCUT2D eigenvalue weighted by Gasteiger charge is -2.29. The highest BCUT2D eigenvalue weighted by molar-refractivity contribution is 7.99. The van der Waals surface area contributed by atoms with Crippen molar-refractivity contribution in [3.63, 3.8) is 0 Å². The van der Waals surface area contributed by atoms with Gasteiger partial charge in [0.25, 0.3) is 0 Å². The van der Waals surface area contributed by atoms with Gasteiger partial charge in [-0.15, -0.1) is 11.8 Å². The van der Waals surface area contributed by atoms with Gasteiger partial charge in [0.1, 0.15) is 6.04 Å². The Balaban J connectivity index is 1.98. The molecule has 1 atom stereocenters. The molecule has 2 amide bonds. The molecule has 2 aromatic rings. The highest BCUT2D eigenvalue weighted by atomic mass is 32.2. The number of amides is 2. The number of hydrogen-bond acceptors (Lipinski definition) is 3. The van der Waals surface area contributed by atoms with E-state index < -0.39 is 6.04 Å². The van der Waals surface area contributed by atoms with E-state index in [1.807, 2.05) is 81.4 Å². The molecule has 0 saturated heterocycles. The van der Waals surface area contributed by atoms with Crippen LogP contribution in [0.5, 0.6) is 0 Å². The second-order valence-corrected chi connectivity index (χ2v) is 8.24. The molecule has 0 aliphatic rings. The zero-order chi connectivity index (χ0) is 20.4. The lowest BCUT2D eigenvalue weighted by atomic mass is 10.1. The first-order valence-corrected chi connectivity index (χ1v) is 10.8. The Morgan fingerprint density at radius 3 is 2.18 bits per heavy atom. The third kappa shape index (κ3) is 7.39. The summed E-state index contributed by atoms with van der Waals surface area (Å²) in [6.07, 6.45) is 1.14. The van der Waals surface area contributed by atoms with Gasteiger partial charge >= 0.3 is 0 Å². The maximum Gasteiger partial charge on any atom is 0.242 e. The first-order chi connectivity index (χ1) is 13.5. The quantitative estimate of drug-likeness (QED) is 0.612. The number of benzene rings is 2. The average Bonchev–Trinajstić information content (AvgIpc) is 2.69. The lowest BCUT2D eigenvalue weighted by Crippen LogP contribution is -2.50. The summed E-state index contributed by atoms with van der Waals surface area (Å²) in [5, 5.41) is 2.92. The first kappa shape index (κ1) is 22.0. The van der Waals surface area contributed by atoms with Crippen LogP contribution in [0.2, 0.25) is 0 Å². The van der Waals surface area contributed by atoms with Crippen LogP contribution in [0.1, 0.15) is 32.8 Å². The van der Waals surface area contributed by atoms with E-state index in [-0.39, 0.29) is 17.9 Å². The molecule has 0 fully saturated rings. The van der Waals surface area contributed by atoms with Crippen molar-refractivity contribution in [1.82, 2.24) is 10.2 Å². The molecule has 2 aromatic carbocycles. The highest BCUT2D eigenvalue weighted by Gasteiger charge is 2.25. The molecule has 28 heavy (non-hydrogen) atoms. The number of carbonyl (C=O) groups is 2. The van der Waals surface area contributed by atoms with E-state index in [4.69, 9.17) is 0 Å². The van der Waals surface area contributed by atoms with Crippen molar-refractivity contribution in [3.8, 4) is 0 Å². The Kier molecular flexibility index (Phi) is 9.08. The number of thioether (sulfide) groups is 1. The van der Waals surface area contributed by atoms with Crippen molar-refractivity contribution >= 4 is 23.6 Å². The Labute approximate surface area is 172 Å². The molecule has 0 radical (unpaired) electrons. The maximum atomic E-state index is 12.9. The summed E-state index contributed by atoms with van der Waals surface area (Å²) in [6, 6.07) is 19.7. The molecule has 0 unspecified atom stereocenters. The van der Waals surface area contributed by atoms with E-state index in [9.17, 15) is 9.59 Å². The molecule has 0 bridgehead atoms. The Morgan fingerprint density at radius 1 is 0.964 bits per heavy atom. The van der Waals surface area contributed by atoms with Crippen molar-refractivity contribution in [2.24, 2.45) is 0 Å². The van der Waals surface area contributed by atoms with Gasteiger partial charge in [-0.3, -0.25) is 9.59 Å². The van der Waals surface area contributed by atoms with E-state index >= 15 is 0 Å². The van der Waals surface area contributed by atoms with Crippen LogP contribution < -0.4 is 5.32 Å². The van der Waals surface area contributed by atoms with Crippen LogP contribution >= 0.6 is 11.8 Å². The predicted octanol–water partition coefficient (Wildman–Crippen LogP) is 4.15. The van der Waals surface area contributed by atoms with Crippen LogP contribution in [-0.2, 0) is 16.0 Å². The summed E-state index contributed by atoms with van der Waals surface area (Å²) >= 11 is 1.66. The lowest BCUT2D eigenvalue weighted by molar-refractivity contribution is -0.139. The van der Waals surface area contributed by atoms with Crippen molar-refractivity contribution in [3.05, 3.63) is 66.2 Å². The zero-order valence-electron chi connectivity index (χ0n) is 16.9. The number of hydrogen-bond donors (Lipinski definition) is 1. The summed E-state index contributed by atoms with van der Waals surface area (Å²) in [5.74, 6) is 0.612. The van der Waals surface area contributed by atoms with Crippen LogP contribution in [-0.4, -0.2) is 41.1 Å². The van der Waals surface area contributed by atoms with Crippen LogP contribution in [0.25, 0.3) is 0 Å². The third-order valence-electron chi connectivity index (χ3n) is 4.41. The summed E-state index contributed by atoms with van der Waals surface area (Å²) in [7, 11) is 0. The normalized spacial score (nSPS) is 11.9. The summed E-state index contributed by atoms with van der Waals surface area (Å²) in [4.78, 5) is 28.3. The fourth-order valence-electron chi connectivity index (χ4n) is 2.89. The van der Waals surface area contributed by atoms with E-state index in [0.717, 1.165) is 16.9 Å². The Bertz CT molecular complexity index is 735. The fraction of sp³-hybridized carbons (Fsp3) is 0.391. The second kappa shape index (κ2) is 11.5. The molecule has 0 heterocycles. The van der Waals surface area contributed by atoms with Gasteiger partial charge in [0.2, 0.25) is 11.8 Å². The fourth-order valence-corrected chi connectivity index (χ4v) is 3.75. The summed E-state index contributed by atoms with van der Waals surface area (Å²) in [5.41, 5.74) is 1.16. The van der Waals surface area contributed by atoms with E-state index in [2.05, 4.69) is 5.32 Å². The number of nitrogens with one attached hydrogen (secondary N) is 1. The van der Waals surface area contributed by atoms with Gasteiger partial charge in [-0.05, 0) is 44.9 Å². The molecule has 0 saturated carbocycles. The largest absolute Gasteiger partial charge is 0.352 e. The molecule has 2 rings (SSSR count). The molecule has 0 aliphatic carbocycles. The van der Waals surface area contributed by atoms with E-state index in [0.29, 0.717) is 18.7 Å². The molecule has 0 aromatic heterocycles. The molecule has 1 N–H and O–H groups in total. The maximum absolute atomic E-state index is 12.9. The summed E-state index contributed by atoms with van der Waals surface area (Å²) in [6.45, 7) is 6.20. The van der Waals surface area contributed by atoms with E-state index in [1.54, 1.807) is 16.7 Å². The number of nitrogens with zero attached hydrogens (tertiary/aromatic N) is 1. The van der Waals surface area contributed by atoms with Crippen molar-refractivity contribution in [1.29, 1.82) is 0 Å². The standard InChI is InChI=1S/C23H30N2O2S/c1-18(2)24-23(27)19(3)25(16-14-20-10-6-4-7-11-20)22(26)15-17-28-21-12-8-5-9-13-21/h4-13,18-19H,14-17H2,1-3H3,(H,24,27)/t19-/m1/s1. The Hall–Kier alpha value is -2.27. The third-order valence-corrected chi connectivity index (χ3v) is 5.42. The van der Waals surface area contributed by atoms with E-state index in [1.165, 1.54) is 0 Å². The molecule has 4 nitrogen and oxygen atoms in total. The monoisotopic (exact) mass is 398 g/mol. The van der Waals surface area contributed by atoms with Crippen molar-refractivity contribution in [2.45, 2.75) is 50.6 Å². The smallest absolute Gasteiger partial charge is 0.242 e. The predicted molar refractivity (Wildman–Crippen MR) is 116 cm³/mol. The Morgan fingerprint density at radius 2 is 1.57 bits per heavy atom. The van der Waals surface area contributed by atoms with Crippen molar-refractivity contribution < 1.29 is 9.59 Å². The van der Waals surface area contributed by atoms with Gasteiger partial charge in [-0.1, -0.05) is 48.5 Å². The SMILES string of the molecule is CC(C)NC(=O)[C@@H](C)N(CCc1ccccc1)C(=O)CCSc1ccccc1. The van der Waals surface area contributed by atoms with Crippen LogP contribution in [0.3, 0.4) is 0 Å². The number of carbonyl (C=O) groups excluding carboxylic acids is 2. The van der Waals surface area contributed by atoms with Gasteiger partial charge in [0.05, 0.1) is 0 Å². The van der Waals surface area contributed by atoms with Crippen molar-refractivity contribution in [2.75, 3.05) is 12.3 Å². The topological polar surface area (TPSA) is 49.4 Å². The molecule has 0 aliphatic heterocycles. The molecular formula is C23H30N2O2S.